The number of phosphoric acid groups is 1. The number of para-hydroxylation sites is 2. The van der Waals surface area contributed by atoms with E-state index >= 15 is 0 Å². The number of hydrogen-bond acceptors (Lipinski definition) is 4. The summed E-state index contributed by atoms with van der Waals surface area (Å²) >= 11 is 0. The molecule has 0 aliphatic rings. The van der Waals surface area contributed by atoms with Crippen LogP contribution in [0.3, 0.4) is 0 Å². The molecule has 29 heavy (non-hydrogen) atoms. The zero-order valence-corrected chi connectivity index (χ0v) is 17.4. The Morgan fingerprint density at radius 2 is 1.62 bits per heavy atom. The average molecular weight is 421 g/mol. The van der Waals surface area contributed by atoms with E-state index < -0.39 is 13.7 Å². The molecule has 0 radical (unpaired) electrons. The molecule has 0 spiro atoms. The zero-order valence-electron chi connectivity index (χ0n) is 16.5. The molecule has 0 heterocycles. The summed E-state index contributed by atoms with van der Waals surface area (Å²) in [6, 6.07) is 12.8. The van der Waals surface area contributed by atoms with Crippen molar-refractivity contribution in [2.45, 2.75) is 45.4 Å². The van der Waals surface area contributed by atoms with Gasteiger partial charge in [0.25, 0.3) is 5.91 Å². The van der Waals surface area contributed by atoms with Crippen molar-refractivity contribution in [1.29, 1.82) is 0 Å². The first-order valence-corrected chi connectivity index (χ1v) is 11.3. The highest BCUT2D eigenvalue weighted by Crippen LogP contribution is 2.40. The number of carbonyl (C=O) groups is 1. The van der Waals surface area contributed by atoms with Gasteiger partial charge >= 0.3 is 7.82 Å². The third-order valence-corrected chi connectivity index (χ3v) is 4.67. The van der Waals surface area contributed by atoms with Crippen LogP contribution < -0.4 is 14.6 Å². The Kier molecular flexibility index (Phi) is 9.19. The van der Waals surface area contributed by atoms with E-state index in [0.29, 0.717) is 17.9 Å². The van der Waals surface area contributed by atoms with E-state index in [1.54, 1.807) is 36.4 Å². The van der Waals surface area contributed by atoms with Crippen LogP contribution in [-0.4, -0.2) is 22.3 Å². The van der Waals surface area contributed by atoms with E-state index in [2.05, 4.69) is 16.8 Å². The minimum atomic E-state index is -4.73. The number of ether oxygens (including phenoxy) is 1. The quantitative estimate of drug-likeness (QED) is 0.323. The summed E-state index contributed by atoms with van der Waals surface area (Å²) in [5.41, 5.74) is 0.562. The van der Waals surface area contributed by atoms with Crippen molar-refractivity contribution in [3.8, 4) is 11.5 Å². The summed E-state index contributed by atoms with van der Waals surface area (Å²) in [7, 11) is -4.73. The summed E-state index contributed by atoms with van der Waals surface area (Å²) in [6.07, 6.45) is 7.16. The summed E-state index contributed by atoms with van der Waals surface area (Å²) in [4.78, 5) is 30.4. The molecule has 0 bridgehead atoms. The largest absolute Gasteiger partial charge is 0.524 e. The van der Waals surface area contributed by atoms with Crippen LogP contribution >= 0.6 is 7.82 Å². The van der Waals surface area contributed by atoms with Gasteiger partial charge in [0.05, 0.1) is 12.3 Å². The third-order valence-electron chi connectivity index (χ3n) is 4.24. The molecule has 3 N–H and O–H groups in total. The van der Waals surface area contributed by atoms with Crippen molar-refractivity contribution in [3.05, 3.63) is 54.1 Å². The highest BCUT2D eigenvalue weighted by molar-refractivity contribution is 7.46. The fourth-order valence-electron chi connectivity index (χ4n) is 2.75. The lowest BCUT2D eigenvalue weighted by Crippen LogP contribution is -2.12. The van der Waals surface area contributed by atoms with Crippen LogP contribution in [0.25, 0.3) is 0 Å². The fourth-order valence-corrected chi connectivity index (χ4v) is 3.16. The number of unbranched alkanes of at least 4 members (excludes halogenated alkanes) is 5. The molecule has 8 heteroatoms. The van der Waals surface area contributed by atoms with Gasteiger partial charge in [-0.05, 0) is 42.8 Å². The van der Waals surface area contributed by atoms with Crippen LogP contribution in [0, 0.1) is 0 Å². The summed E-state index contributed by atoms with van der Waals surface area (Å²) in [5, 5.41) is 2.60. The number of anilines is 1. The normalized spacial score (nSPS) is 11.1. The van der Waals surface area contributed by atoms with Crippen LogP contribution in [-0.2, 0) is 4.57 Å². The maximum Gasteiger partial charge on any atom is 0.524 e. The van der Waals surface area contributed by atoms with E-state index in [4.69, 9.17) is 14.5 Å². The topological polar surface area (TPSA) is 105 Å². The van der Waals surface area contributed by atoms with Crippen molar-refractivity contribution in [2.75, 3.05) is 11.9 Å². The lowest BCUT2D eigenvalue weighted by atomic mass is 10.1. The van der Waals surface area contributed by atoms with E-state index in [9.17, 15) is 9.36 Å². The molecule has 2 aromatic carbocycles. The second-order valence-corrected chi connectivity index (χ2v) is 7.84. The lowest BCUT2D eigenvalue weighted by Gasteiger charge is -2.13. The van der Waals surface area contributed by atoms with E-state index in [-0.39, 0.29) is 11.4 Å². The second kappa shape index (κ2) is 11.6. The minimum Gasteiger partial charge on any atom is -0.494 e. The van der Waals surface area contributed by atoms with Crippen molar-refractivity contribution in [2.24, 2.45) is 0 Å². The molecule has 0 atom stereocenters. The molecule has 0 fully saturated rings. The minimum absolute atomic E-state index is 0.104. The van der Waals surface area contributed by atoms with Crippen LogP contribution in [0.5, 0.6) is 11.5 Å². The number of amides is 1. The van der Waals surface area contributed by atoms with E-state index in [1.165, 1.54) is 37.8 Å². The second-order valence-electron chi connectivity index (χ2n) is 6.67. The molecule has 0 aromatic heterocycles. The van der Waals surface area contributed by atoms with Gasteiger partial charge in [-0.3, -0.25) is 14.6 Å². The highest BCUT2D eigenvalue weighted by Gasteiger charge is 2.19. The fraction of sp³-hybridized carbons (Fsp3) is 0.381. The maximum absolute atomic E-state index is 12.4. The Morgan fingerprint density at radius 3 is 2.31 bits per heavy atom. The van der Waals surface area contributed by atoms with Crippen LogP contribution in [0.15, 0.2) is 48.5 Å². The number of rotatable bonds is 12. The summed E-state index contributed by atoms with van der Waals surface area (Å²) in [6.45, 7) is 2.84. The molecule has 0 unspecified atom stereocenters. The first-order chi connectivity index (χ1) is 13.9. The lowest BCUT2D eigenvalue weighted by molar-refractivity contribution is 0.102. The van der Waals surface area contributed by atoms with Gasteiger partial charge < -0.3 is 14.6 Å². The van der Waals surface area contributed by atoms with Gasteiger partial charge in [0, 0.05) is 5.56 Å². The summed E-state index contributed by atoms with van der Waals surface area (Å²) in [5.74, 6) is 0.169. The first-order valence-electron chi connectivity index (χ1n) is 9.77. The van der Waals surface area contributed by atoms with E-state index in [0.717, 1.165) is 12.8 Å². The van der Waals surface area contributed by atoms with E-state index in [1.807, 2.05) is 0 Å². The number of phosphoric ester groups is 1. The van der Waals surface area contributed by atoms with Crippen molar-refractivity contribution >= 4 is 19.4 Å². The number of hydrogen-bond donors (Lipinski definition) is 3. The molecule has 1 amide bonds. The molecule has 2 rings (SSSR count). The van der Waals surface area contributed by atoms with Crippen molar-refractivity contribution in [3.63, 3.8) is 0 Å². The van der Waals surface area contributed by atoms with Crippen molar-refractivity contribution < 1.29 is 28.4 Å². The van der Waals surface area contributed by atoms with Crippen LogP contribution in [0.2, 0.25) is 0 Å². The Labute approximate surface area is 171 Å². The smallest absolute Gasteiger partial charge is 0.494 e. The van der Waals surface area contributed by atoms with Crippen molar-refractivity contribution in [1.82, 2.24) is 0 Å². The molecule has 0 saturated carbocycles. The Balaban J connectivity index is 1.86. The monoisotopic (exact) mass is 421 g/mol. The van der Waals surface area contributed by atoms with Gasteiger partial charge in [0.1, 0.15) is 5.75 Å². The Bertz CT molecular complexity index is 818. The van der Waals surface area contributed by atoms with Gasteiger partial charge in [-0.15, -0.1) is 0 Å². The molecule has 0 saturated heterocycles. The highest BCUT2D eigenvalue weighted by atomic mass is 31.2. The Hall–Kier alpha value is -2.34. The predicted molar refractivity (Wildman–Crippen MR) is 112 cm³/mol. The molecule has 7 nitrogen and oxygen atoms in total. The van der Waals surface area contributed by atoms with Gasteiger partial charge in [-0.25, -0.2) is 4.57 Å². The van der Waals surface area contributed by atoms with Crippen LogP contribution in [0.1, 0.15) is 55.8 Å². The SMILES string of the molecule is CCCCCCCCOc1ccc(C(=O)Nc2ccccc2OP(=O)(O)O)cc1. The number of carbonyl (C=O) groups excluding carboxylic acids is 1. The molecule has 2 aromatic rings. The molecular formula is C21H28NO6P. The van der Waals surface area contributed by atoms with Gasteiger partial charge in [-0.1, -0.05) is 51.2 Å². The zero-order chi connectivity index (χ0) is 21.1. The van der Waals surface area contributed by atoms with Gasteiger partial charge in [-0.2, -0.15) is 0 Å². The first kappa shape index (κ1) is 22.9. The maximum atomic E-state index is 12.4. The molecule has 158 valence electrons. The van der Waals surface area contributed by atoms with Gasteiger partial charge in [0.15, 0.2) is 5.75 Å². The predicted octanol–water partition coefficient (Wildman–Crippen LogP) is 5.15. The molecule has 0 aliphatic carbocycles. The summed E-state index contributed by atoms with van der Waals surface area (Å²) < 4.78 is 21.4. The van der Waals surface area contributed by atoms with Gasteiger partial charge in [0.2, 0.25) is 0 Å². The number of nitrogens with one attached hydrogen (secondary N) is 1. The molecule has 0 aliphatic heterocycles. The Morgan fingerprint density at radius 1 is 0.966 bits per heavy atom. The average Bonchev–Trinajstić information content (AvgIpc) is 2.68. The molecular weight excluding hydrogens is 393 g/mol. The standard InChI is InChI=1S/C21H28NO6P/c1-2-3-4-5-6-9-16-27-18-14-12-17(13-15-18)21(23)22-19-10-7-8-11-20(19)28-29(24,25)26/h7-8,10-15H,2-6,9,16H2,1H3,(H,22,23)(H2,24,25,26). The third kappa shape index (κ3) is 8.69. The van der Waals surface area contributed by atoms with Crippen LogP contribution in [0.4, 0.5) is 5.69 Å². The number of benzene rings is 2.